The Labute approximate surface area is 183 Å². The molecule has 0 aliphatic rings. The van der Waals surface area contributed by atoms with E-state index in [-0.39, 0.29) is 35.5 Å². The lowest BCUT2D eigenvalue weighted by molar-refractivity contribution is 0.461. The van der Waals surface area contributed by atoms with Gasteiger partial charge >= 0.3 is 0 Å². The maximum Gasteiger partial charge on any atom is 0.213 e. The summed E-state index contributed by atoms with van der Waals surface area (Å²) in [6.45, 7) is 3.35. The van der Waals surface area contributed by atoms with E-state index in [1.165, 1.54) is 16.4 Å². The van der Waals surface area contributed by atoms with Crippen LogP contribution in [-0.4, -0.2) is 63.1 Å². The van der Waals surface area contributed by atoms with Crippen molar-refractivity contribution < 1.29 is 12.8 Å². The van der Waals surface area contributed by atoms with Crippen molar-refractivity contribution in [1.29, 1.82) is 0 Å². The summed E-state index contributed by atoms with van der Waals surface area (Å²) in [6, 6.07) is 4.71. The van der Waals surface area contributed by atoms with Crippen molar-refractivity contribution in [1.82, 2.24) is 19.9 Å². The molecule has 10 heteroatoms. The van der Waals surface area contributed by atoms with Gasteiger partial charge in [-0.15, -0.1) is 24.0 Å². The van der Waals surface area contributed by atoms with Gasteiger partial charge in [0.1, 0.15) is 5.82 Å². The van der Waals surface area contributed by atoms with Gasteiger partial charge in [-0.1, -0.05) is 0 Å². The van der Waals surface area contributed by atoms with Crippen LogP contribution < -0.4 is 10.6 Å². The van der Waals surface area contributed by atoms with Crippen molar-refractivity contribution in [3.8, 4) is 0 Å². The van der Waals surface area contributed by atoms with Crippen LogP contribution in [-0.2, 0) is 16.4 Å². The summed E-state index contributed by atoms with van der Waals surface area (Å²) in [5.41, 5.74) is 1.96. The van der Waals surface area contributed by atoms with E-state index in [1.54, 1.807) is 27.1 Å². The smallest absolute Gasteiger partial charge is 0.213 e. The summed E-state index contributed by atoms with van der Waals surface area (Å²) < 4.78 is 38.2. The number of rotatable bonds is 9. The van der Waals surface area contributed by atoms with Gasteiger partial charge in [-0.05, 0) is 43.5 Å². The molecule has 0 aliphatic carbocycles. The Kier molecular flexibility index (Phi) is 10.2. The number of aromatic amines is 1. The molecule has 0 fully saturated rings. The molecule has 0 atom stereocenters. The van der Waals surface area contributed by atoms with Crippen LogP contribution in [0.3, 0.4) is 0 Å². The molecule has 7 nitrogen and oxygen atoms in total. The molecule has 0 saturated carbocycles. The first-order valence-electron chi connectivity index (χ1n) is 9.01. The van der Waals surface area contributed by atoms with Gasteiger partial charge in [0.25, 0.3) is 0 Å². The number of fused-ring (bicyclic) bond motifs is 1. The lowest BCUT2D eigenvalue weighted by atomic mass is 10.1. The highest BCUT2D eigenvalue weighted by Gasteiger charge is 2.14. The Hall–Kier alpha value is -1.40. The SMILES string of the molecule is CCS(=O)(=O)N(C)CCCNC(=NC)NCCc1c[nH]c2ccc(F)cc12.I. The normalized spacial score (nSPS) is 12.2. The number of guanidine groups is 1. The fourth-order valence-corrected chi connectivity index (χ4v) is 3.61. The van der Waals surface area contributed by atoms with Crippen LogP contribution in [0.4, 0.5) is 4.39 Å². The van der Waals surface area contributed by atoms with E-state index in [1.807, 2.05) is 6.20 Å². The predicted molar refractivity (Wildman–Crippen MR) is 123 cm³/mol. The third-order valence-corrected chi connectivity index (χ3v) is 6.28. The molecule has 2 rings (SSSR count). The van der Waals surface area contributed by atoms with Crippen LogP contribution in [0.15, 0.2) is 29.4 Å². The van der Waals surface area contributed by atoms with Gasteiger partial charge in [0, 0.05) is 50.8 Å². The summed E-state index contributed by atoms with van der Waals surface area (Å²) in [4.78, 5) is 7.30. The number of hydrogen-bond acceptors (Lipinski definition) is 3. The second-order valence-corrected chi connectivity index (χ2v) is 8.62. The number of aliphatic imine (C=N–C) groups is 1. The van der Waals surface area contributed by atoms with Gasteiger partial charge in [0.15, 0.2) is 5.96 Å². The van der Waals surface area contributed by atoms with Gasteiger partial charge in [-0.3, -0.25) is 4.99 Å². The fraction of sp³-hybridized carbons (Fsp3) is 0.500. The first-order chi connectivity index (χ1) is 12.9. The third-order valence-electron chi connectivity index (χ3n) is 4.42. The Balaban J connectivity index is 0.00000392. The maximum absolute atomic E-state index is 13.4. The van der Waals surface area contributed by atoms with E-state index in [0.717, 1.165) is 22.9 Å². The molecule has 1 aromatic heterocycles. The summed E-state index contributed by atoms with van der Waals surface area (Å²) in [5, 5.41) is 7.27. The fourth-order valence-electron chi connectivity index (χ4n) is 2.76. The van der Waals surface area contributed by atoms with Crippen molar-refractivity contribution in [2.45, 2.75) is 19.8 Å². The summed E-state index contributed by atoms with van der Waals surface area (Å²) in [5.74, 6) is 0.517. The van der Waals surface area contributed by atoms with Crippen molar-refractivity contribution in [2.75, 3.05) is 39.5 Å². The Morgan fingerprint density at radius 2 is 2.00 bits per heavy atom. The summed E-state index contributed by atoms with van der Waals surface area (Å²) in [7, 11) is 0.143. The van der Waals surface area contributed by atoms with Gasteiger partial charge in [0.05, 0.1) is 5.75 Å². The van der Waals surface area contributed by atoms with Crippen LogP contribution in [0.1, 0.15) is 18.9 Å². The van der Waals surface area contributed by atoms with Crippen molar-refractivity contribution >= 4 is 50.9 Å². The number of H-pyrrole nitrogens is 1. The van der Waals surface area contributed by atoms with Crippen LogP contribution in [0.2, 0.25) is 0 Å². The predicted octanol–water partition coefficient (Wildman–Crippen LogP) is 2.30. The molecule has 0 aliphatic heterocycles. The lowest BCUT2D eigenvalue weighted by Crippen LogP contribution is -2.39. The van der Waals surface area contributed by atoms with Gasteiger partial charge in [-0.2, -0.15) is 0 Å². The Bertz CT molecular complexity index is 885. The van der Waals surface area contributed by atoms with Gasteiger partial charge in [-0.25, -0.2) is 17.1 Å². The number of benzene rings is 1. The van der Waals surface area contributed by atoms with Crippen LogP contribution >= 0.6 is 24.0 Å². The van der Waals surface area contributed by atoms with E-state index in [0.29, 0.717) is 32.0 Å². The molecule has 0 radical (unpaired) electrons. The molecule has 0 bridgehead atoms. The zero-order valence-corrected chi connectivity index (χ0v) is 19.6. The average molecular weight is 525 g/mol. The molecule has 158 valence electrons. The van der Waals surface area contributed by atoms with Crippen LogP contribution in [0.25, 0.3) is 10.9 Å². The molecule has 0 spiro atoms. The first kappa shape index (κ1) is 24.6. The first-order valence-corrected chi connectivity index (χ1v) is 10.6. The molecule has 2 aromatic rings. The number of hydrogen-bond donors (Lipinski definition) is 3. The third kappa shape index (κ3) is 6.89. The quantitative estimate of drug-likeness (QED) is 0.203. The summed E-state index contributed by atoms with van der Waals surface area (Å²) >= 11 is 0. The van der Waals surface area contributed by atoms with Crippen molar-refractivity contribution in [3.63, 3.8) is 0 Å². The zero-order chi connectivity index (χ0) is 19.9. The molecular weight excluding hydrogens is 496 g/mol. The lowest BCUT2D eigenvalue weighted by Gasteiger charge is -2.16. The van der Waals surface area contributed by atoms with Gasteiger partial charge < -0.3 is 15.6 Å². The Morgan fingerprint density at radius 1 is 1.29 bits per heavy atom. The van der Waals surface area contributed by atoms with Gasteiger partial charge in [0.2, 0.25) is 10.0 Å². The van der Waals surface area contributed by atoms with E-state index >= 15 is 0 Å². The molecule has 28 heavy (non-hydrogen) atoms. The highest BCUT2D eigenvalue weighted by atomic mass is 127. The zero-order valence-electron chi connectivity index (χ0n) is 16.5. The van der Waals surface area contributed by atoms with Crippen molar-refractivity contribution in [2.24, 2.45) is 4.99 Å². The second-order valence-electron chi connectivity index (χ2n) is 6.26. The van der Waals surface area contributed by atoms with E-state index in [4.69, 9.17) is 0 Å². The second kappa shape index (κ2) is 11.6. The van der Waals surface area contributed by atoms with Crippen molar-refractivity contribution in [3.05, 3.63) is 35.8 Å². The molecular formula is C18H29FIN5O2S. The molecule has 0 amide bonds. The van der Waals surface area contributed by atoms with Crippen LogP contribution in [0.5, 0.6) is 0 Å². The largest absolute Gasteiger partial charge is 0.361 e. The molecule has 3 N–H and O–H groups in total. The number of sulfonamides is 1. The highest BCUT2D eigenvalue weighted by Crippen LogP contribution is 2.19. The highest BCUT2D eigenvalue weighted by molar-refractivity contribution is 14.0. The number of nitrogens with one attached hydrogen (secondary N) is 3. The number of aromatic nitrogens is 1. The molecule has 1 aromatic carbocycles. The molecule has 0 unspecified atom stereocenters. The minimum atomic E-state index is -3.13. The van der Waals surface area contributed by atoms with E-state index < -0.39 is 10.0 Å². The minimum Gasteiger partial charge on any atom is -0.361 e. The average Bonchev–Trinajstić information content (AvgIpc) is 3.05. The van der Waals surface area contributed by atoms with E-state index in [9.17, 15) is 12.8 Å². The number of nitrogens with zero attached hydrogens (tertiary/aromatic N) is 2. The topological polar surface area (TPSA) is 89.6 Å². The standard InChI is InChI=1S/C18H28FN5O2S.HI/c1-4-27(25,26)24(3)11-5-9-21-18(20-2)22-10-8-14-13-23-17-7-6-15(19)12-16(14)17;/h6-7,12-13,23H,4-5,8-11H2,1-3H3,(H2,20,21,22);1H. The monoisotopic (exact) mass is 525 g/mol. The maximum atomic E-state index is 13.4. The number of halogens is 2. The molecule has 1 heterocycles. The minimum absolute atomic E-state index is 0. The van der Waals surface area contributed by atoms with Crippen LogP contribution in [0, 0.1) is 5.82 Å². The Morgan fingerprint density at radius 3 is 2.68 bits per heavy atom. The summed E-state index contributed by atoms with van der Waals surface area (Å²) in [6.07, 6.45) is 3.30. The molecule has 0 saturated heterocycles. The van der Waals surface area contributed by atoms with E-state index in [2.05, 4.69) is 20.6 Å².